The molecule has 0 atom stereocenters. The second-order valence-corrected chi connectivity index (χ2v) is 6.66. The SMILES string of the molecule is COc1ccc(Br)cc1CN(C)C(=O)c1cncn1-c1ccc(F)cc1. The Kier molecular flexibility index (Phi) is 5.37. The Bertz CT molecular complexity index is 925. The zero-order valence-corrected chi connectivity index (χ0v) is 15.9. The molecule has 7 heteroatoms. The third-order valence-corrected chi connectivity index (χ3v) is 4.45. The smallest absolute Gasteiger partial charge is 0.272 e. The Morgan fingerprint density at radius 1 is 1.27 bits per heavy atom. The lowest BCUT2D eigenvalue weighted by Crippen LogP contribution is -2.28. The molecular weight excluding hydrogens is 401 g/mol. The molecule has 3 rings (SSSR count). The summed E-state index contributed by atoms with van der Waals surface area (Å²) >= 11 is 3.44. The lowest BCUT2D eigenvalue weighted by molar-refractivity contribution is 0.0776. The van der Waals surface area contributed by atoms with Crippen LogP contribution in [0.15, 0.2) is 59.5 Å². The number of ether oxygens (including phenoxy) is 1. The fourth-order valence-electron chi connectivity index (χ4n) is 2.65. The first-order chi connectivity index (χ1) is 12.5. The quantitative estimate of drug-likeness (QED) is 0.628. The molecule has 0 saturated carbocycles. The molecule has 26 heavy (non-hydrogen) atoms. The Labute approximate surface area is 159 Å². The molecule has 3 aromatic rings. The monoisotopic (exact) mass is 417 g/mol. The second kappa shape index (κ2) is 7.70. The maximum Gasteiger partial charge on any atom is 0.272 e. The van der Waals surface area contributed by atoms with Gasteiger partial charge in [0.05, 0.1) is 19.6 Å². The van der Waals surface area contributed by atoms with Gasteiger partial charge in [-0.3, -0.25) is 9.36 Å². The molecule has 0 unspecified atom stereocenters. The van der Waals surface area contributed by atoms with E-state index in [0.29, 0.717) is 23.7 Å². The summed E-state index contributed by atoms with van der Waals surface area (Å²) in [5.41, 5.74) is 1.94. The van der Waals surface area contributed by atoms with Crippen LogP contribution in [0, 0.1) is 5.82 Å². The van der Waals surface area contributed by atoms with Crippen LogP contribution in [0.5, 0.6) is 5.75 Å². The first-order valence-corrected chi connectivity index (χ1v) is 8.65. The number of benzene rings is 2. The standard InChI is InChI=1S/C19H17BrFN3O2/c1-23(11-13-9-14(20)3-8-18(13)26-2)19(25)17-10-22-12-24(17)16-6-4-15(21)5-7-16/h3-10,12H,11H2,1-2H3. The van der Waals surface area contributed by atoms with Crippen LogP contribution in [-0.4, -0.2) is 34.5 Å². The fraction of sp³-hybridized carbons (Fsp3) is 0.158. The molecule has 2 aromatic carbocycles. The van der Waals surface area contributed by atoms with Gasteiger partial charge in [-0.2, -0.15) is 0 Å². The zero-order chi connectivity index (χ0) is 18.7. The van der Waals surface area contributed by atoms with Crippen molar-refractivity contribution in [1.82, 2.24) is 14.5 Å². The number of amides is 1. The van der Waals surface area contributed by atoms with Gasteiger partial charge in [0.2, 0.25) is 0 Å². The van der Waals surface area contributed by atoms with E-state index >= 15 is 0 Å². The van der Waals surface area contributed by atoms with E-state index in [1.807, 2.05) is 18.2 Å². The van der Waals surface area contributed by atoms with Gasteiger partial charge >= 0.3 is 0 Å². The van der Waals surface area contributed by atoms with Crippen molar-refractivity contribution < 1.29 is 13.9 Å². The Morgan fingerprint density at radius 2 is 2.00 bits per heavy atom. The number of imidazole rings is 1. The summed E-state index contributed by atoms with van der Waals surface area (Å²) in [7, 11) is 3.31. The minimum atomic E-state index is -0.333. The molecule has 0 fully saturated rings. The van der Waals surface area contributed by atoms with Crippen LogP contribution in [0.25, 0.3) is 5.69 Å². The van der Waals surface area contributed by atoms with Gasteiger partial charge in [0.15, 0.2) is 0 Å². The highest BCUT2D eigenvalue weighted by Gasteiger charge is 2.19. The number of hydrogen-bond acceptors (Lipinski definition) is 3. The molecule has 0 spiro atoms. The molecule has 1 amide bonds. The molecule has 0 N–H and O–H groups in total. The van der Waals surface area contributed by atoms with E-state index in [4.69, 9.17) is 4.74 Å². The van der Waals surface area contributed by atoms with Crippen molar-refractivity contribution in [3.63, 3.8) is 0 Å². The van der Waals surface area contributed by atoms with Crippen molar-refractivity contribution in [2.45, 2.75) is 6.54 Å². The van der Waals surface area contributed by atoms with Gasteiger partial charge in [-0.25, -0.2) is 9.37 Å². The topological polar surface area (TPSA) is 47.4 Å². The lowest BCUT2D eigenvalue weighted by atomic mass is 10.2. The number of rotatable bonds is 5. The highest BCUT2D eigenvalue weighted by Crippen LogP contribution is 2.24. The van der Waals surface area contributed by atoms with E-state index in [-0.39, 0.29) is 11.7 Å². The average Bonchev–Trinajstić information content (AvgIpc) is 3.11. The number of methoxy groups -OCH3 is 1. The lowest BCUT2D eigenvalue weighted by Gasteiger charge is -2.20. The van der Waals surface area contributed by atoms with Crippen LogP contribution in [-0.2, 0) is 6.54 Å². The number of hydrogen-bond donors (Lipinski definition) is 0. The maximum atomic E-state index is 13.1. The highest BCUT2D eigenvalue weighted by molar-refractivity contribution is 9.10. The van der Waals surface area contributed by atoms with Crippen molar-refractivity contribution in [3.05, 3.63) is 76.5 Å². The first-order valence-electron chi connectivity index (χ1n) is 7.85. The number of nitrogens with zero attached hydrogens (tertiary/aromatic N) is 3. The van der Waals surface area contributed by atoms with Gasteiger partial charge in [-0.15, -0.1) is 0 Å². The molecule has 1 aromatic heterocycles. The van der Waals surface area contributed by atoms with E-state index in [9.17, 15) is 9.18 Å². The highest BCUT2D eigenvalue weighted by atomic mass is 79.9. The van der Waals surface area contributed by atoms with Crippen LogP contribution in [0.2, 0.25) is 0 Å². The van der Waals surface area contributed by atoms with Gasteiger partial charge in [0, 0.05) is 29.3 Å². The Balaban J connectivity index is 1.85. The maximum absolute atomic E-state index is 13.1. The van der Waals surface area contributed by atoms with Crippen LogP contribution in [0.3, 0.4) is 0 Å². The summed E-state index contributed by atoms with van der Waals surface area (Å²) in [6.07, 6.45) is 3.04. The van der Waals surface area contributed by atoms with E-state index in [2.05, 4.69) is 20.9 Å². The van der Waals surface area contributed by atoms with Gasteiger partial charge in [0.1, 0.15) is 17.3 Å². The summed E-state index contributed by atoms with van der Waals surface area (Å²) in [5, 5.41) is 0. The summed E-state index contributed by atoms with van der Waals surface area (Å²) in [6.45, 7) is 0.371. The van der Waals surface area contributed by atoms with Crippen molar-refractivity contribution in [2.24, 2.45) is 0 Å². The minimum absolute atomic E-state index is 0.200. The van der Waals surface area contributed by atoms with Crippen LogP contribution in [0.4, 0.5) is 4.39 Å². The predicted molar refractivity (Wildman–Crippen MR) is 100 cm³/mol. The molecule has 1 heterocycles. The van der Waals surface area contributed by atoms with Gasteiger partial charge < -0.3 is 9.64 Å². The summed E-state index contributed by atoms with van der Waals surface area (Å²) in [4.78, 5) is 18.5. The van der Waals surface area contributed by atoms with E-state index in [1.54, 1.807) is 35.8 Å². The number of aromatic nitrogens is 2. The summed E-state index contributed by atoms with van der Waals surface area (Å²) in [5.74, 6) is 0.175. The van der Waals surface area contributed by atoms with E-state index in [1.165, 1.54) is 24.7 Å². The Morgan fingerprint density at radius 3 is 2.69 bits per heavy atom. The summed E-state index contributed by atoms with van der Waals surface area (Å²) in [6, 6.07) is 11.5. The number of carbonyl (C=O) groups excluding carboxylic acids is 1. The first kappa shape index (κ1) is 18.1. The van der Waals surface area contributed by atoms with Gasteiger partial charge in [0.25, 0.3) is 5.91 Å². The Hall–Kier alpha value is -2.67. The predicted octanol–water partition coefficient (Wildman–Crippen LogP) is 4.05. The fourth-order valence-corrected chi connectivity index (χ4v) is 3.06. The average molecular weight is 418 g/mol. The normalized spacial score (nSPS) is 10.6. The van der Waals surface area contributed by atoms with Crippen molar-refractivity contribution in [2.75, 3.05) is 14.2 Å². The van der Waals surface area contributed by atoms with Crippen LogP contribution in [0.1, 0.15) is 16.1 Å². The summed E-state index contributed by atoms with van der Waals surface area (Å²) < 4.78 is 21.1. The van der Waals surface area contributed by atoms with Crippen molar-refractivity contribution in [3.8, 4) is 11.4 Å². The van der Waals surface area contributed by atoms with E-state index in [0.717, 1.165) is 10.0 Å². The molecule has 0 radical (unpaired) electrons. The number of carbonyl (C=O) groups is 1. The number of halogens is 2. The molecule has 5 nitrogen and oxygen atoms in total. The minimum Gasteiger partial charge on any atom is -0.496 e. The van der Waals surface area contributed by atoms with Crippen molar-refractivity contribution >= 4 is 21.8 Å². The molecule has 0 aliphatic rings. The van der Waals surface area contributed by atoms with Crippen LogP contribution < -0.4 is 4.74 Å². The molecule has 0 saturated heterocycles. The van der Waals surface area contributed by atoms with Gasteiger partial charge in [-0.1, -0.05) is 15.9 Å². The molecule has 0 aliphatic heterocycles. The molecule has 134 valence electrons. The van der Waals surface area contributed by atoms with Crippen LogP contribution >= 0.6 is 15.9 Å². The van der Waals surface area contributed by atoms with Gasteiger partial charge in [-0.05, 0) is 42.5 Å². The third-order valence-electron chi connectivity index (χ3n) is 3.96. The largest absolute Gasteiger partial charge is 0.496 e. The molecule has 0 bridgehead atoms. The molecule has 0 aliphatic carbocycles. The molecular formula is C19H17BrFN3O2. The van der Waals surface area contributed by atoms with E-state index < -0.39 is 0 Å². The third kappa shape index (κ3) is 3.77. The zero-order valence-electron chi connectivity index (χ0n) is 14.3. The van der Waals surface area contributed by atoms with Crippen molar-refractivity contribution in [1.29, 1.82) is 0 Å². The second-order valence-electron chi connectivity index (χ2n) is 5.74.